The smallest absolute Gasteiger partial charge is 0.190 e. The number of fused-ring (bicyclic) bond motifs is 1. The molecule has 0 saturated heterocycles. The number of anilines is 1. The van der Waals surface area contributed by atoms with E-state index < -0.39 is 0 Å². The van der Waals surface area contributed by atoms with Gasteiger partial charge < -0.3 is 5.73 Å². The second kappa shape index (κ2) is 5.75. The highest BCUT2D eigenvalue weighted by Crippen LogP contribution is 2.26. The Morgan fingerprint density at radius 1 is 1.38 bits per heavy atom. The Hall–Kier alpha value is -0.460. The van der Waals surface area contributed by atoms with E-state index in [4.69, 9.17) is 5.73 Å². The normalized spacial score (nSPS) is 11.1. The van der Waals surface area contributed by atoms with Crippen LogP contribution in [0.25, 0.3) is 10.2 Å². The molecule has 2 aromatic rings. The number of hydrogen-bond donors (Lipinski definition) is 1. The molecule has 3 nitrogen and oxygen atoms in total. The van der Waals surface area contributed by atoms with Crippen LogP contribution in [-0.2, 0) is 0 Å². The lowest BCUT2D eigenvalue weighted by atomic mass is 10.4. The molecule has 0 aliphatic heterocycles. The highest BCUT2D eigenvalue weighted by Gasteiger charge is 2.06. The highest BCUT2D eigenvalue weighted by atomic mass is 32.2. The summed E-state index contributed by atoms with van der Waals surface area (Å²) in [6.07, 6.45) is 0. The standard InChI is InChI=1S/C10H13N3S3/c1-2-14-5-6-16-10-12-8(11)7-3-4-15-9(7)13-10/h3-4H,2,5-6H2,1H3,(H2,11,12,13). The summed E-state index contributed by atoms with van der Waals surface area (Å²) in [5, 5.41) is 3.76. The molecule has 2 aromatic heterocycles. The van der Waals surface area contributed by atoms with Gasteiger partial charge in [0.1, 0.15) is 10.6 Å². The van der Waals surface area contributed by atoms with E-state index in [1.807, 2.05) is 23.2 Å². The Balaban J connectivity index is 2.06. The van der Waals surface area contributed by atoms with Gasteiger partial charge in [0.15, 0.2) is 5.16 Å². The number of thiophene rings is 1. The van der Waals surface area contributed by atoms with Crippen molar-refractivity contribution in [2.45, 2.75) is 12.1 Å². The van der Waals surface area contributed by atoms with Gasteiger partial charge in [-0.1, -0.05) is 18.7 Å². The zero-order valence-corrected chi connectivity index (χ0v) is 11.4. The quantitative estimate of drug-likeness (QED) is 0.514. The van der Waals surface area contributed by atoms with Crippen LogP contribution in [-0.4, -0.2) is 27.2 Å². The number of thioether (sulfide) groups is 2. The minimum Gasteiger partial charge on any atom is -0.383 e. The molecule has 2 rings (SSSR count). The molecule has 0 unspecified atom stereocenters. The third kappa shape index (κ3) is 2.81. The molecule has 0 atom stereocenters. The summed E-state index contributed by atoms with van der Waals surface area (Å²) in [5.74, 6) is 3.92. The largest absolute Gasteiger partial charge is 0.383 e. The third-order valence-electron chi connectivity index (χ3n) is 2.00. The van der Waals surface area contributed by atoms with E-state index in [0.29, 0.717) is 5.82 Å². The molecule has 0 radical (unpaired) electrons. The van der Waals surface area contributed by atoms with Crippen LogP contribution in [0.2, 0.25) is 0 Å². The van der Waals surface area contributed by atoms with Crippen LogP contribution >= 0.6 is 34.9 Å². The van der Waals surface area contributed by atoms with Gasteiger partial charge in [-0.2, -0.15) is 11.8 Å². The average molecular weight is 271 g/mol. The highest BCUT2D eigenvalue weighted by molar-refractivity contribution is 8.02. The van der Waals surface area contributed by atoms with Crippen LogP contribution in [0.5, 0.6) is 0 Å². The van der Waals surface area contributed by atoms with E-state index in [9.17, 15) is 0 Å². The van der Waals surface area contributed by atoms with Gasteiger partial charge in [0.2, 0.25) is 0 Å². The Bertz CT molecular complexity index is 469. The molecule has 0 aromatic carbocycles. The number of aromatic nitrogens is 2. The topological polar surface area (TPSA) is 51.8 Å². The lowest BCUT2D eigenvalue weighted by molar-refractivity contribution is 1.02. The monoisotopic (exact) mass is 271 g/mol. The Morgan fingerprint density at radius 3 is 3.06 bits per heavy atom. The first kappa shape index (κ1) is 12.0. The van der Waals surface area contributed by atoms with Gasteiger partial charge in [0.05, 0.1) is 5.39 Å². The second-order valence-corrected chi connectivity index (χ2v) is 6.43. The number of rotatable bonds is 5. The van der Waals surface area contributed by atoms with Crippen LogP contribution in [0.3, 0.4) is 0 Å². The molecule has 0 saturated carbocycles. The molecule has 0 bridgehead atoms. The Kier molecular flexibility index (Phi) is 4.31. The third-order valence-corrected chi connectivity index (χ3v) is 4.81. The van der Waals surface area contributed by atoms with Crippen LogP contribution < -0.4 is 5.73 Å². The summed E-state index contributed by atoms with van der Waals surface area (Å²) in [6, 6.07) is 1.97. The molecule has 2 N–H and O–H groups in total. The molecular weight excluding hydrogens is 258 g/mol. The van der Waals surface area contributed by atoms with Crippen molar-refractivity contribution in [2.75, 3.05) is 23.0 Å². The number of nitrogen functional groups attached to an aromatic ring is 1. The van der Waals surface area contributed by atoms with Crippen LogP contribution in [0.1, 0.15) is 6.92 Å². The van der Waals surface area contributed by atoms with Crippen molar-refractivity contribution < 1.29 is 0 Å². The summed E-state index contributed by atoms with van der Waals surface area (Å²) in [5.41, 5.74) is 5.87. The van der Waals surface area contributed by atoms with Crippen molar-refractivity contribution in [1.82, 2.24) is 9.97 Å². The van der Waals surface area contributed by atoms with Crippen molar-refractivity contribution >= 4 is 50.9 Å². The van der Waals surface area contributed by atoms with Crippen molar-refractivity contribution in [3.8, 4) is 0 Å². The molecule has 0 spiro atoms. The van der Waals surface area contributed by atoms with Crippen molar-refractivity contribution in [3.63, 3.8) is 0 Å². The number of hydrogen-bond acceptors (Lipinski definition) is 6. The SMILES string of the molecule is CCSCCSc1nc(N)c2ccsc2n1. The van der Waals surface area contributed by atoms with Gasteiger partial charge in [-0.3, -0.25) is 0 Å². The van der Waals surface area contributed by atoms with E-state index in [1.54, 1.807) is 23.1 Å². The average Bonchev–Trinajstić information content (AvgIpc) is 2.73. The van der Waals surface area contributed by atoms with E-state index >= 15 is 0 Å². The van der Waals surface area contributed by atoms with Gasteiger partial charge >= 0.3 is 0 Å². The van der Waals surface area contributed by atoms with Crippen molar-refractivity contribution in [1.29, 1.82) is 0 Å². The van der Waals surface area contributed by atoms with Gasteiger partial charge in [0.25, 0.3) is 0 Å². The van der Waals surface area contributed by atoms with E-state index in [1.165, 1.54) is 0 Å². The molecule has 0 fully saturated rings. The molecule has 2 heterocycles. The number of nitrogens with zero attached hydrogens (tertiary/aromatic N) is 2. The predicted octanol–water partition coefficient (Wildman–Crippen LogP) is 3.12. The minimum absolute atomic E-state index is 0.594. The van der Waals surface area contributed by atoms with Gasteiger partial charge in [-0.25, -0.2) is 9.97 Å². The van der Waals surface area contributed by atoms with E-state index in [2.05, 4.69) is 16.9 Å². The summed E-state index contributed by atoms with van der Waals surface area (Å²) in [7, 11) is 0. The second-order valence-electron chi connectivity index (χ2n) is 3.08. The maximum Gasteiger partial charge on any atom is 0.190 e. The summed E-state index contributed by atoms with van der Waals surface area (Å²) in [6.45, 7) is 2.17. The predicted molar refractivity (Wildman–Crippen MR) is 75.6 cm³/mol. The molecule has 6 heteroatoms. The fourth-order valence-corrected chi connectivity index (χ4v) is 3.68. The van der Waals surface area contributed by atoms with Gasteiger partial charge in [0, 0.05) is 11.5 Å². The van der Waals surface area contributed by atoms with Gasteiger partial charge in [-0.15, -0.1) is 11.3 Å². The maximum absolute atomic E-state index is 5.87. The summed E-state index contributed by atoms with van der Waals surface area (Å²) < 4.78 is 0. The first-order chi connectivity index (χ1) is 7.81. The summed E-state index contributed by atoms with van der Waals surface area (Å²) >= 11 is 5.22. The Morgan fingerprint density at radius 2 is 2.25 bits per heavy atom. The zero-order valence-electron chi connectivity index (χ0n) is 8.97. The fourth-order valence-electron chi connectivity index (χ4n) is 1.26. The van der Waals surface area contributed by atoms with E-state index in [0.717, 1.165) is 32.6 Å². The van der Waals surface area contributed by atoms with E-state index in [-0.39, 0.29) is 0 Å². The first-order valence-corrected chi connectivity index (χ1v) is 8.04. The van der Waals surface area contributed by atoms with Crippen molar-refractivity contribution in [3.05, 3.63) is 11.4 Å². The van der Waals surface area contributed by atoms with Crippen LogP contribution in [0.4, 0.5) is 5.82 Å². The molecule has 0 aliphatic rings. The molecular formula is C10H13N3S3. The van der Waals surface area contributed by atoms with Crippen molar-refractivity contribution in [2.24, 2.45) is 0 Å². The molecule has 0 aliphatic carbocycles. The van der Waals surface area contributed by atoms with Crippen LogP contribution in [0.15, 0.2) is 16.6 Å². The lowest BCUT2D eigenvalue weighted by Crippen LogP contribution is -1.96. The maximum atomic E-state index is 5.87. The number of nitrogens with two attached hydrogens (primary N) is 1. The van der Waals surface area contributed by atoms with Crippen LogP contribution in [0, 0.1) is 0 Å². The lowest BCUT2D eigenvalue weighted by Gasteiger charge is -2.01. The fraction of sp³-hybridized carbons (Fsp3) is 0.400. The molecule has 86 valence electrons. The summed E-state index contributed by atoms with van der Waals surface area (Å²) in [4.78, 5) is 9.76. The Labute approximate surface area is 107 Å². The van der Waals surface area contributed by atoms with Gasteiger partial charge in [-0.05, 0) is 17.2 Å². The zero-order chi connectivity index (χ0) is 11.4. The molecule has 16 heavy (non-hydrogen) atoms. The molecule has 0 amide bonds. The minimum atomic E-state index is 0.594. The first-order valence-electron chi connectivity index (χ1n) is 5.02.